The highest BCUT2D eigenvalue weighted by molar-refractivity contribution is 5.99. The van der Waals surface area contributed by atoms with Gasteiger partial charge in [-0.3, -0.25) is 19.4 Å². The molecule has 0 spiro atoms. The molecule has 38 heavy (non-hydrogen) atoms. The summed E-state index contributed by atoms with van der Waals surface area (Å²) >= 11 is 0. The van der Waals surface area contributed by atoms with Gasteiger partial charge in [0.05, 0.1) is 23.5 Å². The Bertz CT molecular complexity index is 1470. The number of hydrogen-bond acceptors (Lipinski definition) is 5. The first-order chi connectivity index (χ1) is 17.9. The second kappa shape index (κ2) is 9.32. The Labute approximate surface area is 216 Å². The van der Waals surface area contributed by atoms with E-state index in [1.807, 2.05) is 29.2 Å². The standard InChI is InChI=1S/C27H26F3N5O3/c1-27(29,30)26(38)31-21-13-24(37)34(25(21)16-4-6-18(28)7-5-16)19-8-10-22-17(12-19)14-33(3)35(22)20-9-11-23(36)32(2)15-20/h4-12,15,21,25H,13-14H2,1-3H3,(H,31,38)/t21-,25+/m0/s1. The Kier molecular flexibility index (Phi) is 6.26. The van der Waals surface area contributed by atoms with Crippen molar-refractivity contribution in [2.45, 2.75) is 37.9 Å². The predicted octanol–water partition coefficient (Wildman–Crippen LogP) is 3.64. The van der Waals surface area contributed by atoms with Crippen LogP contribution in [0.25, 0.3) is 0 Å². The molecule has 2 aromatic carbocycles. The number of carbonyl (C=O) groups excluding carboxylic acids is 2. The number of amides is 2. The van der Waals surface area contributed by atoms with Crippen LogP contribution in [0.5, 0.6) is 0 Å². The Balaban J connectivity index is 1.53. The molecule has 0 radical (unpaired) electrons. The third-order valence-corrected chi connectivity index (χ3v) is 6.87. The van der Waals surface area contributed by atoms with E-state index in [2.05, 4.69) is 5.32 Å². The van der Waals surface area contributed by atoms with Crippen LogP contribution >= 0.6 is 0 Å². The maximum absolute atomic E-state index is 13.7. The zero-order chi connectivity index (χ0) is 27.4. The summed E-state index contributed by atoms with van der Waals surface area (Å²) in [5, 5.41) is 6.24. The van der Waals surface area contributed by atoms with E-state index in [9.17, 15) is 27.6 Å². The number of aromatic nitrogens is 1. The second-order valence-electron chi connectivity index (χ2n) is 9.71. The van der Waals surface area contributed by atoms with E-state index < -0.39 is 29.7 Å². The molecule has 3 aromatic rings. The van der Waals surface area contributed by atoms with Gasteiger partial charge in [-0.2, -0.15) is 8.78 Å². The lowest BCUT2D eigenvalue weighted by molar-refractivity contribution is -0.143. The molecule has 2 amide bonds. The number of carbonyl (C=O) groups is 2. The first kappa shape index (κ1) is 25.5. The van der Waals surface area contributed by atoms with Crippen LogP contribution in [-0.2, 0) is 23.2 Å². The number of nitrogens with zero attached hydrogens (tertiary/aromatic N) is 4. The minimum Gasteiger partial charge on any atom is -0.345 e. The predicted molar refractivity (Wildman–Crippen MR) is 136 cm³/mol. The van der Waals surface area contributed by atoms with Crippen molar-refractivity contribution in [3.05, 3.63) is 88.1 Å². The summed E-state index contributed by atoms with van der Waals surface area (Å²) < 4.78 is 42.5. The van der Waals surface area contributed by atoms with Crippen molar-refractivity contribution in [3.63, 3.8) is 0 Å². The maximum atomic E-state index is 13.7. The zero-order valence-electron chi connectivity index (χ0n) is 21.0. The van der Waals surface area contributed by atoms with Gasteiger partial charge in [0.2, 0.25) is 11.5 Å². The van der Waals surface area contributed by atoms with Crippen LogP contribution in [0.3, 0.4) is 0 Å². The number of fused-ring (bicyclic) bond motifs is 1. The van der Waals surface area contributed by atoms with Gasteiger partial charge in [0.25, 0.3) is 5.91 Å². The SMILES string of the molecule is CN1Cc2cc(N3C(=O)C[C@H](NC(=O)C(C)(F)F)[C@H]3c3ccc(F)cc3)ccc2N1c1ccc(=O)n(C)c1. The van der Waals surface area contributed by atoms with Gasteiger partial charge in [-0.05, 0) is 47.5 Å². The summed E-state index contributed by atoms with van der Waals surface area (Å²) in [5.41, 5.74) is 3.44. The molecule has 1 fully saturated rings. The second-order valence-corrected chi connectivity index (χ2v) is 9.71. The van der Waals surface area contributed by atoms with Crippen LogP contribution < -0.4 is 20.8 Å². The van der Waals surface area contributed by atoms with Gasteiger partial charge >= 0.3 is 5.92 Å². The fraction of sp³-hybridized carbons (Fsp3) is 0.296. The highest BCUT2D eigenvalue weighted by atomic mass is 19.3. The smallest absolute Gasteiger partial charge is 0.321 e. The van der Waals surface area contributed by atoms with Crippen LogP contribution in [0.1, 0.15) is 30.5 Å². The average Bonchev–Trinajstić information content (AvgIpc) is 3.35. The molecule has 1 saturated heterocycles. The molecular formula is C27H26F3N5O3. The van der Waals surface area contributed by atoms with Crippen LogP contribution in [0.4, 0.5) is 30.2 Å². The molecule has 0 aliphatic carbocycles. The molecule has 3 heterocycles. The summed E-state index contributed by atoms with van der Waals surface area (Å²) in [5.74, 6) is -5.94. The van der Waals surface area contributed by atoms with Crippen LogP contribution in [0.15, 0.2) is 65.6 Å². The monoisotopic (exact) mass is 525 g/mol. The summed E-state index contributed by atoms with van der Waals surface area (Å²) in [7, 11) is 3.56. The highest BCUT2D eigenvalue weighted by Crippen LogP contribution is 2.42. The summed E-state index contributed by atoms with van der Waals surface area (Å²) in [6.45, 7) is 1.01. The number of pyridine rings is 1. The average molecular weight is 526 g/mol. The van der Waals surface area contributed by atoms with Crippen molar-refractivity contribution in [2.24, 2.45) is 7.05 Å². The minimum absolute atomic E-state index is 0.131. The number of aryl methyl sites for hydroxylation is 1. The third kappa shape index (κ3) is 4.53. The number of hydrazine groups is 1. The zero-order valence-corrected chi connectivity index (χ0v) is 21.0. The number of hydrogen-bond donors (Lipinski definition) is 1. The lowest BCUT2D eigenvalue weighted by Crippen LogP contribution is -2.46. The minimum atomic E-state index is -3.62. The summed E-state index contributed by atoms with van der Waals surface area (Å²) in [6, 6.07) is 12.3. The normalized spacial score (nSPS) is 19.7. The number of nitrogens with one attached hydrogen (secondary N) is 1. The molecule has 198 valence electrons. The maximum Gasteiger partial charge on any atom is 0.321 e. The molecule has 1 N–H and O–H groups in total. The molecule has 2 atom stereocenters. The largest absolute Gasteiger partial charge is 0.345 e. The quantitative estimate of drug-likeness (QED) is 0.551. The van der Waals surface area contributed by atoms with Crippen LogP contribution in [0, 0.1) is 5.82 Å². The van der Waals surface area contributed by atoms with E-state index in [1.54, 1.807) is 25.4 Å². The Morgan fingerprint density at radius 2 is 1.68 bits per heavy atom. The first-order valence-electron chi connectivity index (χ1n) is 12.0. The molecular weight excluding hydrogens is 499 g/mol. The molecule has 8 nitrogen and oxygen atoms in total. The molecule has 5 rings (SSSR count). The lowest BCUT2D eigenvalue weighted by atomic mass is 9.99. The van der Waals surface area contributed by atoms with Crippen molar-refractivity contribution >= 4 is 28.9 Å². The summed E-state index contributed by atoms with van der Waals surface area (Å²) in [6.07, 6.45) is 1.54. The molecule has 2 aliphatic rings. The van der Waals surface area contributed by atoms with Gasteiger partial charge in [0.15, 0.2) is 0 Å². The Morgan fingerprint density at radius 1 is 1.00 bits per heavy atom. The van der Waals surface area contributed by atoms with E-state index in [1.165, 1.54) is 39.8 Å². The van der Waals surface area contributed by atoms with E-state index >= 15 is 0 Å². The van der Waals surface area contributed by atoms with Gasteiger partial charge in [-0.15, -0.1) is 0 Å². The Morgan fingerprint density at radius 3 is 2.34 bits per heavy atom. The molecule has 11 heteroatoms. The van der Waals surface area contributed by atoms with E-state index in [0.717, 1.165) is 16.9 Å². The van der Waals surface area contributed by atoms with Gasteiger partial charge in [-0.1, -0.05) is 12.1 Å². The first-order valence-corrected chi connectivity index (χ1v) is 12.0. The van der Waals surface area contributed by atoms with E-state index in [-0.39, 0.29) is 17.9 Å². The fourth-order valence-electron chi connectivity index (χ4n) is 5.10. The van der Waals surface area contributed by atoms with Gasteiger partial charge < -0.3 is 14.8 Å². The molecule has 1 aromatic heterocycles. The molecule has 0 unspecified atom stereocenters. The van der Waals surface area contributed by atoms with Crippen molar-refractivity contribution in [1.29, 1.82) is 0 Å². The number of benzene rings is 2. The van der Waals surface area contributed by atoms with E-state index in [4.69, 9.17) is 0 Å². The number of rotatable bonds is 5. The third-order valence-electron chi connectivity index (χ3n) is 6.87. The van der Waals surface area contributed by atoms with Gasteiger partial charge in [-0.25, -0.2) is 9.40 Å². The lowest BCUT2D eigenvalue weighted by Gasteiger charge is -2.30. The van der Waals surface area contributed by atoms with Crippen molar-refractivity contribution < 1.29 is 22.8 Å². The van der Waals surface area contributed by atoms with Crippen molar-refractivity contribution in [2.75, 3.05) is 17.0 Å². The van der Waals surface area contributed by atoms with Crippen LogP contribution in [0.2, 0.25) is 0 Å². The van der Waals surface area contributed by atoms with Crippen molar-refractivity contribution in [3.8, 4) is 0 Å². The highest BCUT2D eigenvalue weighted by Gasteiger charge is 2.45. The molecule has 2 aliphatic heterocycles. The van der Waals surface area contributed by atoms with Crippen molar-refractivity contribution in [1.82, 2.24) is 14.9 Å². The van der Waals surface area contributed by atoms with Gasteiger partial charge in [0.1, 0.15) is 5.82 Å². The van der Waals surface area contributed by atoms with Gasteiger partial charge in [0, 0.05) is 51.9 Å². The molecule has 0 saturated carbocycles. The summed E-state index contributed by atoms with van der Waals surface area (Å²) in [4.78, 5) is 38.7. The number of anilines is 3. The fourth-order valence-corrected chi connectivity index (χ4v) is 5.10. The van der Waals surface area contributed by atoms with E-state index in [0.29, 0.717) is 24.7 Å². The number of halogens is 3. The Hall–Kier alpha value is -4.12. The number of alkyl halides is 2. The topological polar surface area (TPSA) is 77.9 Å². The molecule has 0 bridgehead atoms. The van der Waals surface area contributed by atoms with Crippen LogP contribution in [-0.4, -0.2) is 40.4 Å².